The van der Waals surface area contributed by atoms with Crippen LogP contribution >= 0.6 is 0 Å². The summed E-state index contributed by atoms with van der Waals surface area (Å²) < 4.78 is 27.0. The van der Waals surface area contributed by atoms with Crippen molar-refractivity contribution >= 4 is 23.5 Å². The SMILES string of the molecule is N=Cc1cnc(Nc2ccccn2)cc1NCc1cc(F)ccc1F. The predicted molar refractivity (Wildman–Crippen MR) is 93.3 cm³/mol. The Hall–Kier alpha value is -3.35. The van der Waals surface area contributed by atoms with Crippen LogP contribution in [0.5, 0.6) is 0 Å². The summed E-state index contributed by atoms with van der Waals surface area (Å²) in [6, 6.07) is 10.4. The molecule has 0 fully saturated rings. The first-order valence-electron chi connectivity index (χ1n) is 7.52. The van der Waals surface area contributed by atoms with Crippen molar-refractivity contribution in [2.45, 2.75) is 6.54 Å². The van der Waals surface area contributed by atoms with Gasteiger partial charge >= 0.3 is 0 Å². The molecule has 0 aliphatic heterocycles. The van der Waals surface area contributed by atoms with E-state index in [-0.39, 0.29) is 12.1 Å². The van der Waals surface area contributed by atoms with E-state index in [1.165, 1.54) is 6.20 Å². The molecule has 0 spiro atoms. The third-order valence-corrected chi connectivity index (χ3v) is 3.49. The third kappa shape index (κ3) is 4.14. The summed E-state index contributed by atoms with van der Waals surface area (Å²) >= 11 is 0. The van der Waals surface area contributed by atoms with Crippen LogP contribution in [-0.4, -0.2) is 16.2 Å². The lowest BCUT2D eigenvalue weighted by Crippen LogP contribution is -2.06. The molecule has 5 nitrogen and oxygen atoms in total. The lowest BCUT2D eigenvalue weighted by molar-refractivity contribution is 0.587. The summed E-state index contributed by atoms with van der Waals surface area (Å²) in [5.41, 5.74) is 1.31. The summed E-state index contributed by atoms with van der Waals surface area (Å²) in [4.78, 5) is 8.37. The van der Waals surface area contributed by atoms with Gasteiger partial charge in [-0.2, -0.15) is 0 Å². The highest BCUT2D eigenvalue weighted by Crippen LogP contribution is 2.21. The van der Waals surface area contributed by atoms with Crippen molar-refractivity contribution in [3.05, 3.63) is 77.6 Å². The summed E-state index contributed by atoms with van der Waals surface area (Å²) in [5, 5.41) is 13.5. The van der Waals surface area contributed by atoms with Crippen LogP contribution < -0.4 is 10.6 Å². The van der Waals surface area contributed by atoms with Gasteiger partial charge in [0.15, 0.2) is 0 Å². The van der Waals surface area contributed by atoms with Gasteiger partial charge in [-0.25, -0.2) is 18.7 Å². The Bertz CT molecular complexity index is 884. The third-order valence-electron chi connectivity index (χ3n) is 3.49. The van der Waals surface area contributed by atoms with Crippen molar-refractivity contribution in [2.75, 3.05) is 10.6 Å². The molecule has 3 rings (SSSR count). The van der Waals surface area contributed by atoms with E-state index >= 15 is 0 Å². The van der Waals surface area contributed by atoms with Crippen LogP contribution in [0.4, 0.5) is 26.1 Å². The van der Waals surface area contributed by atoms with Gasteiger partial charge < -0.3 is 16.0 Å². The van der Waals surface area contributed by atoms with Gasteiger partial charge in [-0.3, -0.25) is 0 Å². The summed E-state index contributed by atoms with van der Waals surface area (Å²) in [5.74, 6) is 0.148. The van der Waals surface area contributed by atoms with Gasteiger partial charge in [0.2, 0.25) is 0 Å². The highest BCUT2D eigenvalue weighted by molar-refractivity contribution is 5.86. The number of benzene rings is 1. The maximum Gasteiger partial charge on any atom is 0.133 e. The van der Waals surface area contributed by atoms with Crippen LogP contribution in [0.25, 0.3) is 0 Å². The largest absolute Gasteiger partial charge is 0.380 e. The molecule has 2 aromatic heterocycles. The van der Waals surface area contributed by atoms with Gasteiger partial charge in [-0.15, -0.1) is 0 Å². The van der Waals surface area contributed by atoms with Crippen LogP contribution in [0.2, 0.25) is 0 Å². The summed E-state index contributed by atoms with van der Waals surface area (Å²) in [7, 11) is 0. The number of nitrogens with one attached hydrogen (secondary N) is 3. The number of nitrogens with zero attached hydrogens (tertiary/aromatic N) is 2. The molecule has 0 amide bonds. The fourth-order valence-electron chi connectivity index (χ4n) is 2.24. The van der Waals surface area contributed by atoms with Crippen LogP contribution in [0, 0.1) is 17.0 Å². The quantitative estimate of drug-likeness (QED) is 0.591. The van der Waals surface area contributed by atoms with Crippen molar-refractivity contribution in [3.63, 3.8) is 0 Å². The number of halogens is 2. The van der Waals surface area contributed by atoms with Crippen LogP contribution in [0.15, 0.2) is 54.9 Å². The first-order chi connectivity index (χ1) is 12.2. The molecule has 0 saturated carbocycles. The van der Waals surface area contributed by atoms with Crippen LogP contribution in [-0.2, 0) is 6.54 Å². The van der Waals surface area contributed by atoms with Crippen molar-refractivity contribution < 1.29 is 8.78 Å². The molecule has 126 valence electrons. The van der Waals surface area contributed by atoms with E-state index in [1.807, 2.05) is 6.07 Å². The average Bonchev–Trinajstić information content (AvgIpc) is 2.63. The standard InChI is InChI=1S/C18H15F2N5/c19-14-4-5-15(20)12(7-14)10-23-16-8-18(24-11-13(16)9-21)25-17-3-1-2-6-22-17/h1-9,11,21H,10H2,(H2,22,23,24,25). The summed E-state index contributed by atoms with van der Waals surface area (Å²) in [6.45, 7) is 0.0808. The minimum atomic E-state index is -0.502. The van der Waals surface area contributed by atoms with Crippen molar-refractivity contribution in [1.82, 2.24) is 9.97 Å². The fraction of sp³-hybridized carbons (Fsp3) is 0.0556. The second-order valence-corrected chi connectivity index (χ2v) is 5.23. The van der Waals surface area contributed by atoms with E-state index in [0.29, 0.717) is 22.9 Å². The van der Waals surface area contributed by atoms with Crippen molar-refractivity contribution in [3.8, 4) is 0 Å². The lowest BCUT2D eigenvalue weighted by atomic mass is 10.2. The lowest BCUT2D eigenvalue weighted by Gasteiger charge is -2.12. The van der Waals surface area contributed by atoms with E-state index in [4.69, 9.17) is 5.41 Å². The molecule has 3 N–H and O–H groups in total. The zero-order valence-electron chi connectivity index (χ0n) is 13.1. The average molecular weight is 339 g/mol. The molecule has 0 aliphatic rings. The molecule has 25 heavy (non-hydrogen) atoms. The molecule has 0 atom stereocenters. The first kappa shape index (κ1) is 16.5. The Morgan fingerprint density at radius 3 is 2.68 bits per heavy atom. The Morgan fingerprint density at radius 2 is 1.92 bits per heavy atom. The Balaban J connectivity index is 1.80. The van der Waals surface area contributed by atoms with E-state index in [1.54, 1.807) is 24.4 Å². The van der Waals surface area contributed by atoms with E-state index in [0.717, 1.165) is 24.4 Å². The first-order valence-corrected chi connectivity index (χ1v) is 7.52. The van der Waals surface area contributed by atoms with Gasteiger partial charge in [-0.1, -0.05) is 6.07 Å². The highest BCUT2D eigenvalue weighted by atomic mass is 19.1. The Kier molecular flexibility index (Phi) is 4.94. The smallest absolute Gasteiger partial charge is 0.133 e. The Morgan fingerprint density at radius 1 is 1.04 bits per heavy atom. The highest BCUT2D eigenvalue weighted by Gasteiger charge is 2.07. The molecule has 0 bridgehead atoms. The molecule has 0 radical (unpaired) electrons. The molecule has 7 heteroatoms. The zero-order chi connectivity index (χ0) is 17.6. The number of rotatable bonds is 6. The molecule has 1 aromatic carbocycles. The van der Waals surface area contributed by atoms with Gasteiger partial charge in [0.25, 0.3) is 0 Å². The maximum atomic E-state index is 13.7. The predicted octanol–water partition coefficient (Wildman–Crippen LogP) is 4.11. The van der Waals surface area contributed by atoms with Crippen molar-refractivity contribution in [1.29, 1.82) is 5.41 Å². The molecule has 3 aromatic rings. The Labute approximate surface area is 143 Å². The normalized spacial score (nSPS) is 10.3. The zero-order valence-corrected chi connectivity index (χ0v) is 13.1. The maximum absolute atomic E-state index is 13.7. The number of hydrogen-bond donors (Lipinski definition) is 3. The monoisotopic (exact) mass is 339 g/mol. The molecule has 0 saturated heterocycles. The molecular formula is C18H15F2N5. The second-order valence-electron chi connectivity index (χ2n) is 5.23. The van der Waals surface area contributed by atoms with Gasteiger partial charge in [0.05, 0.1) is 0 Å². The van der Waals surface area contributed by atoms with E-state index < -0.39 is 11.6 Å². The number of pyridine rings is 2. The fourth-order valence-corrected chi connectivity index (χ4v) is 2.24. The van der Waals surface area contributed by atoms with E-state index in [2.05, 4.69) is 20.6 Å². The van der Waals surface area contributed by atoms with E-state index in [9.17, 15) is 8.78 Å². The summed E-state index contributed by atoms with van der Waals surface area (Å²) in [6.07, 6.45) is 4.31. The molecule has 0 aliphatic carbocycles. The van der Waals surface area contributed by atoms with Crippen LogP contribution in [0.3, 0.4) is 0 Å². The molecule has 2 heterocycles. The van der Waals surface area contributed by atoms with Gasteiger partial charge in [0, 0.05) is 48.0 Å². The molecule has 0 unspecified atom stereocenters. The minimum Gasteiger partial charge on any atom is -0.380 e. The van der Waals surface area contributed by atoms with Crippen LogP contribution in [0.1, 0.15) is 11.1 Å². The topological polar surface area (TPSA) is 73.7 Å². The second kappa shape index (κ2) is 7.48. The number of anilines is 3. The van der Waals surface area contributed by atoms with Crippen molar-refractivity contribution in [2.24, 2.45) is 0 Å². The number of hydrogen-bond acceptors (Lipinski definition) is 5. The van der Waals surface area contributed by atoms with Gasteiger partial charge in [-0.05, 0) is 30.3 Å². The minimum absolute atomic E-state index is 0.0808. The number of aromatic nitrogens is 2. The molecular weight excluding hydrogens is 324 g/mol. The van der Waals surface area contributed by atoms with Gasteiger partial charge in [0.1, 0.15) is 23.3 Å².